The lowest BCUT2D eigenvalue weighted by Gasteiger charge is -2.21. The van der Waals surface area contributed by atoms with E-state index < -0.39 is 23.7 Å². The van der Waals surface area contributed by atoms with E-state index in [0.29, 0.717) is 11.4 Å². The Balaban J connectivity index is 2.42. The number of benzene rings is 1. The third-order valence-electron chi connectivity index (χ3n) is 2.33. The van der Waals surface area contributed by atoms with Crippen molar-refractivity contribution in [1.29, 1.82) is 0 Å². The van der Waals surface area contributed by atoms with Gasteiger partial charge in [-0.05, 0) is 39.8 Å². The fraction of sp³-hybridized carbons (Fsp3) is 0.467. The Labute approximate surface area is 124 Å². The van der Waals surface area contributed by atoms with Crippen molar-refractivity contribution in [1.82, 2.24) is 5.32 Å². The number of carbonyl (C=O) groups excluding carboxylic acids is 2. The topological polar surface area (TPSA) is 90.6 Å². The predicted octanol–water partition coefficient (Wildman–Crippen LogP) is 2.48. The number of amides is 1. The standard InChI is InChI=1S/C15H22N2O4/c1-10(17-14(19)21-15(2,3)4)8-13(18)20-12-7-5-6-11(16)9-12/h5-7,9-10H,8,16H2,1-4H3,(H,17,19). The zero-order chi connectivity index (χ0) is 16.0. The van der Waals surface area contributed by atoms with Crippen molar-refractivity contribution in [2.75, 3.05) is 5.73 Å². The minimum atomic E-state index is -0.578. The number of hydrogen-bond donors (Lipinski definition) is 2. The maximum absolute atomic E-state index is 11.7. The van der Waals surface area contributed by atoms with Gasteiger partial charge in [-0.2, -0.15) is 0 Å². The number of nitrogens with two attached hydrogens (primary N) is 1. The van der Waals surface area contributed by atoms with Crippen molar-refractivity contribution in [2.45, 2.75) is 45.8 Å². The van der Waals surface area contributed by atoms with Crippen LogP contribution in [0.15, 0.2) is 24.3 Å². The lowest BCUT2D eigenvalue weighted by molar-refractivity contribution is -0.134. The van der Waals surface area contributed by atoms with Crippen molar-refractivity contribution in [3.8, 4) is 5.75 Å². The first-order valence-corrected chi connectivity index (χ1v) is 6.71. The first-order chi connectivity index (χ1) is 9.65. The van der Waals surface area contributed by atoms with Crippen LogP contribution in [0.25, 0.3) is 0 Å². The summed E-state index contributed by atoms with van der Waals surface area (Å²) in [7, 11) is 0. The van der Waals surface area contributed by atoms with Gasteiger partial charge in [0, 0.05) is 17.8 Å². The molecule has 0 radical (unpaired) electrons. The second-order valence-corrected chi connectivity index (χ2v) is 5.80. The molecule has 6 heteroatoms. The highest BCUT2D eigenvalue weighted by molar-refractivity contribution is 5.75. The number of nitrogen functional groups attached to an aromatic ring is 1. The van der Waals surface area contributed by atoms with Gasteiger partial charge in [0.15, 0.2) is 0 Å². The second kappa shape index (κ2) is 6.97. The maximum Gasteiger partial charge on any atom is 0.407 e. The molecule has 1 rings (SSSR count). The highest BCUT2D eigenvalue weighted by Crippen LogP contribution is 2.15. The van der Waals surface area contributed by atoms with Gasteiger partial charge in [-0.1, -0.05) is 6.07 Å². The van der Waals surface area contributed by atoms with Crippen molar-refractivity contribution < 1.29 is 19.1 Å². The van der Waals surface area contributed by atoms with Crippen LogP contribution in [-0.4, -0.2) is 23.7 Å². The van der Waals surface area contributed by atoms with Crippen LogP contribution < -0.4 is 15.8 Å². The van der Waals surface area contributed by atoms with Gasteiger partial charge in [0.1, 0.15) is 11.4 Å². The summed E-state index contributed by atoms with van der Waals surface area (Å²) in [6.07, 6.45) is -0.527. The van der Waals surface area contributed by atoms with Gasteiger partial charge in [0.05, 0.1) is 6.42 Å². The van der Waals surface area contributed by atoms with Gasteiger partial charge in [-0.15, -0.1) is 0 Å². The lowest BCUT2D eigenvalue weighted by Crippen LogP contribution is -2.39. The van der Waals surface area contributed by atoms with E-state index in [2.05, 4.69) is 5.32 Å². The summed E-state index contributed by atoms with van der Waals surface area (Å²) in [5.41, 5.74) is 5.53. The highest BCUT2D eigenvalue weighted by atomic mass is 16.6. The van der Waals surface area contributed by atoms with Gasteiger partial charge >= 0.3 is 12.1 Å². The monoisotopic (exact) mass is 294 g/mol. The van der Waals surface area contributed by atoms with E-state index in [1.807, 2.05) is 0 Å². The molecule has 0 spiro atoms. The first-order valence-electron chi connectivity index (χ1n) is 6.71. The number of anilines is 1. The first kappa shape index (κ1) is 16.8. The molecule has 0 bridgehead atoms. The van der Waals surface area contributed by atoms with Crippen molar-refractivity contribution >= 4 is 17.7 Å². The number of alkyl carbamates (subject to hydrolysis) is 1. The zero-order valence-electron chi connectivity index (χ0n) is 12.8. The minimum Gasteiger partial charge on any atom is -0.444 e. The normalized spacial score (nSPS) is 12.4. The van der Waals surface area contributed by atoms with E-state index in [1.165, 1.54) is 0 Å². The van der Waals surface area contributed by atoms with Crippen molar-refractivity contribution in [3.05, 3.63) is 24.3 Å². The summed E-state index contributed by atoms with van der Waals surface area (Å²) in [5.74, 6) is -0.0753. The Morgan fingerprint density at radius 3 is 2.57 bits per heavy atom. The van der Waals surface area contributed by atoms with Gasteiger partial charge in [-0.25, -0.2) is 4.79 Å². The smallest absolute Gasteiger partial charge is 0.407 e. The average Bonchev–Trinajstić information content (AvgIpc) is 2.24. The molecule has 0 saturated carbocycles. The van der Waals surface area contributed by atoms with Crippen LogP contribution in [0.5, 0.6) is 5.75 Å². The molecule has 0 aliphatic heterocycles. The zero-order valence-corrected chi connectivity index (χ0v) is 12.8. The molecule has 0 aliphatic carbocycles. The SMILES string of the molecule is CC(CC(=O)Oc1cccc(N)c1)NC(=O)OC(C)(C)C. The van der Waals surface area contributed by atoms with Crippen LogP contribution in [0, 0.1) is 0 Å². The Kier molecular flexibility index (Phi) is 5.58. The number of carbonyl (C=O) groups is 2. The Morgan fingerprint density at radius 2 is 2.00 bits per heavy atom. The van der Waals surface area contributed by atoms with Gasteiger partial charge in [-0.3, -0.25) is 4.79 Å². The number of hydrogen-bond acceptors (Lipinski definition) is 5. The molecule has 1 unspecified atom stereocenters. The summed E-state index contributed by atoms with van der Waals surface area (Å²) < 4.78 is 10.2. The van der Waals surface area contributed by atoms with Crippen LogP contribution in [0.3, 0.4) is 0 Å². The van der Waals surface area contributed by atoms with E-state index in [-0.39, 0.29) is 6.42 Å². The van der Waals surface area contributed by atoms with Crippen LogP contribution in [0.1, 0.15) is 34.1 Å². The van der Waals surface area contributed by atoms with Gasteiger partial charge < -0.3 is 20.5 Å². The third-order valence-corrected chi connectivity index (χ3v) is 2.33. The van der Waals surface area contributed by atoms with E-state index in [0.717, 1.165) is 0 Å². The molecule has 6 nitrogen and oxygen atoms in total. The number of rotatable bonds is 4. The lowest BCUT2D eigenvalue weighted by atomic mass is 10.2. The molecule has 0 fully saturated rings. The molecule has 0 saturated heterocycles. The van der Waals surface area contributed by atoms with E-state index in [9.17, 15) is 9.59 Å². The summed E-state index contributed by atoms with van der Waals surface area (Å²) in [6, 6.07) is 6.20. The molecule has 1 amide bonds. The maximum atomic E-state index is 11.7. The highest BCUT2D eigenvalue weighted by Gasteiger charge is 2.19. The van der Waals surface area contributed by atoms with Crippen LogP contribution in [0.2, 0.25) is 0 Å². The molecule has 3 N–H and O–H groups in total. The molecular weight excluding hydrogens is 272 g/mol. The molecule has 0 aliphatic rings. The molecule has 0 heterocycles. The summed E-state index contributed by atoms with van der Waals surface area (Å²) in [5, 5.41) is 2.58. The van der Waals surface area contributed by atoms with E-state index in [1.54, 1.807) is 52.0 Å². The summed E-state index contributed by atoms with van der Waals surface area (Å²) in [4.78, 5) is 23.3. The predicted molar refractivity (Wildman–Crippen MR) is 79.9 cm³/mol. The average molecular weight is 294 g/mol. The van der Waals surface area contributed by atoms with Gasteiger partial charge in [0.25, 0.3) is 0 Å². The molecule has 116 valence electrons. The number of ether oxygens (including phenoxy) is 2. The van der Waals surface area contributed by atoms with E-state index >= 15 is 0 Å². The summed E-state index contributed by atoms with van der Waals surface area (Å²) in [6.45, 7) is 7.01. The third kappa shape index (κ3) is 7.20. The Hall–Kier alpha value is -2.24. The van der Waals surface area contributed by atoms with Crippen LogP contribution in [-0.2, 0) is 9.53 Å². The van der Waals surface area contributed by atoms with Crippen molar-refractivity contribution in [3.63, 3.8) is 0 Å². The second-order valence-electron chi connectivity index (χ2n) is 5.80. The van der Waals surface area contributed by atoms with E-state index in [4.69, 9.17) is 15.2 Å². The fourth-order valence-electron chi connectivity index (χ4n) is 1.56. The minimum absolute atomic E-state index is 0.0358. The number of nitrogens with one attached hydrogen (secondary N) is 1. The molecule has 21 heavy (non-hydrogen) atoms. The molecular formula is C15H22N2O4. The Morgan fingerprint density at radius 1 is 1.33 bits per heavy atom. The van der Waals surface area contributed by atoms with Crippen LogP contribution in [0.4, 0.5) is 10.5 Å². The molecule has 0 aromatic heterocycles. The molecule has 1 atom stereocenters. The summed E-state index contributed by atoms with van der Waals surface area (Å²) >= 11 is 0. The van der Waals surface area contributed by atoms with Gasteiger partial charge in [0.2, 0.25) is 0 Å². The van der Waals surface area contributed by atoms with Crippen LogP contribution >= 0.6 is 0 Å². The largest absolute Gasteiger partial charge is 0.444 e. The molecule has 1 aromatic rings. The van der Waals surface area contributed by atoms with Crippen molar-refractivity contribution in [2.24, 2.45) is 0 Å². The quantitative estimate of drug-likeness (QED) is 0.506. The number of esters is 1. The fourth-order valence-corrected chi connectivity index (χ4v) is 1.56. The Bertz CT molecular complexity index is 509. The molecule has 1 aromatic carbocycles.